The molecule has 0 unspecified atom stereocenters. The Hall–Kier alpha value is -3.05. The van der Waals surface area contributed by atoms with E-state index in [0.29, 0.717) is 22.7 Å². The molecule has 1 heterocycles. The number of nitrogens with two attached hydrogens (primary N) is 1. The molecule has 0 amide bonds. The van der Waals surface area contributed by atoms with Crippen molar-refractivity contribution < 1.29 is 4.74 Å². The van der Waals surface area contributed by atoms with Gasteiger partial charge in [-0.15, -0.1) is 0 Å². The lowest BCUT2D eigenvalue weighted by Crippen LogP contribution is -1.93. The highest BCUT2D eigenvalue weighted by Gasteiger charge is 2.04. The van der Waals surface area contributed by atoms with Crippen LogP contribution in [0.4, 0.5) is 5.69 Å². The summed E-state index contributed by atoms with van der Waals surface area (Å²) in [5.74, 6) is 0.905. The maximum absolute atomic E-state index is 8.72. The molecule has 2 rings (SSSR count). The Kier molecular flexibility index (Phi) is 3.08. The van der Waals surface area contributed by atoms with Crippen LogP contribution < -0.4 is 10.5 Å². The quantitative estimate of drug-likeness (QED) is 0.806. The van der Waals surface area contributed by atoms with E-state index in [1.807, 2.05) is 12.1 Å². The summed E-state index contributed by atoms with van der Waals surface area (Å²) in [6.07, 6.45) is 1.48. The average Bonchev–Trinajstić information content (AvgIpc) is 2.41. The van der Waals surface area contributed by atoms with Gasteiger partial charge in [0.1, 0.15) is 23.3 Å². The monoisotopic (exact) mass is 236 g/mol. The Labute approximate surface area is 104 Å². The highest BCUT2D eigenvalue weighted by molar-refractivity contribution is 5.57. The number of aromatic nitrogens is 1. The minimum absolute atomic E-state index is 0.264. The van der Waals surface area contributed by atoms with Crippen molar-refractivity contribution in [2.75, 3.05) is 5.73 Å². The zero-order chi connectivity index (χ0) is 13.0. The Balaban J connectivity index is 2.29. The molecule has 5 nitrogen and oxygen atoms in total. The van der Waals surface area contributed by atoms with Gasteiger partial charge in [-0.3, -0.25) is 0 Å². The summed E-state index contributed by atoms with van der Waals surface area (Å²) >= 11 is 0. The van der Waals surface area contributed by atoms with E-state index >= 15 is 0 Å². The van der Waals surface area contributed by atoms with Crippen LogP contribution in [0.5, 0.6) is 11.5 Å². The molecule has 2 N–H and O–H groups in total. The van der Waals surface area contributed by atoms with Gasteiger partial charge < -0.3 is 10.5 Å². The fourth-order valence-electron chi connectivity index (χ4n) is 1.37. The molecular weight excluding hydrogens is 228 g/mol. The lowest BCUT2D eigenvalue weighted by Gasteiger charge is -2.08. The minimum atomic E-state index is 0.264. The Morgan fingerprint density at radius 2 is 1.94 bits per heavy atom. The molecule has 0 bridgehead atoms. The predicted octanol–water partition coefficient (Wildman–Crippen LogP) is 2.20. The second kappa shape index (κ2) is 4.86. The second-order valence-corrected chi connectivity index (χ2v) is 3.46. The highest BCUT2D eigenvalue weighted by Crippen LogP contribution is 2.27. The van der Waals surface area contributed by atoms with E-state index in [1.165, 1.54) is 18.3 Å². The van der Waals surface area contributed by atoms with Crippen LogP contribution in [0.2, 0.25) is 0 Å². The van der Waals surface area contributed by atoms with Gasteiger partial charge in [0.15, 0.2) is 0 Å². The summed E-state index contributed by atoms with van der Waals surface area (Å²) in [6, 6.07) is 11.8. The van der Waals surface area contributed by atoms with Gasteiger partial charge in [-0.2, -0.15) is 10.5 Å². The van der Waals surface area contributed by atoms with E-state index in [9.17, 15) is 0 Å². The first-order chi connectivity index (χ1) is 8.72. The molecule has 0 saturated heterocycles. The van der Waals surface area contributed by atoms with Crippen molar-refractivity contribution in [1.29, 1.82) is 10.5 Å². The number of ether oxygens (including phenoxy) is 1. The number of benzene rings is 1. The molecule has 0 atom stereocenters. The summed E-state index contributed by atoms with van der Waals surface area (Å²) < 4.78 is 5.53. The van der Waals surface area contributed by atoms with E-state index in [2.05, 4.69) is 4.98 Å². The third-order valence-corrected chi connectivity index (χ3v) is 2.21. The van der Waals surface area contributed by atoms with Crippen molar-refractivity contribution in [3.8, 4) is 23.6 Å². The fraction of sp³-hybridized carbons (Fsp3) is 0. The molecule has 0 spiro atoms. The van der Waals surface area contributed by atoms with Crippen LogP contribution in [0.15, 0.2) is 36.5 Å². The Bertz CT molecular complexity index is 667. The third-order valence-electron chi connectivity index (χ3n) is 2.21. The van der Waals surface area contributed by atoms with E-state index in [4.69, 9.17) is 21.0 Å². The van der Waals surface area contributed by atoms with Gasteiger partial charge >= 0.3 is 0 Å². The molecule has 5 heteroatoms. The minimum Gasteiger partial charge on any atom is -0.455 e. The second-order valence-electron chi connectivity index (χ2n) is 3.46. The van der Waals surface area contributed by atoms with E-state index in [0.717, 1.165) is 0 Å². The zero-order valence-electron chi connectivity index (χ0n) is 9.29. The number of rotatable bonds is 2. The number of pyridine rings is 1. The van der Waals surface area contributed by atoms with E-state index in [-0.39, 0.29) is 5.69 Å². The van der Waals surface area contributed by atoms with E-state index < -0.39 is 0 Å². The van der Waals surface area contributed by atoms with Crippen LogP contribution in [-0.2, 0) is 0 Å². The van der Waals surface area contributed by atoms with Gasteiger partial charge in [-0.05, 0) is 24.3 Å². The van der Waals surface area contributed by atoms with Crippen LogP contribution in [0.3, 0.4) is 0 Å². The largest absolute Gasteiger partial charge is 0.455 e. The predicted molar refractivity (Wildman–Crippen MR) is 64.6 cm³/mol. The van der Waals surface area contributed by atoms with Crippen molar-refractivity contribution >= 4 is 5.69 Å². The molecule has 0 aliphatic rings. The maximum Gasteiger partial charge on any atom is 0.150 e. The van der Waals surface area contributed by atoms with Gasteiger partial charge in [-0.25, -0.2) is 4.98 Å². The number of nitrogen functional groups attached to an aromatic ring is 1. The summed E-state index contributed by atoms with van der Waals surface area (Å²) in [7, 11) is 0. The van der Waals surface area contributed by atoms with Crippen LogP contribution in [0, 0.1) is 22.7 Å². The van der Waals surface area contributed by atoms with Crippen LogP contribution >= 0.6 is 0 Å². The maximum atomic E-state index is 8.72. The molecule has 2 aromatic rings. The first kappa shape index (κ1) is 11.4. The molecule has 0 fully saturated rings. The molecule has 1 aromatic heterocycles. The molecule has 86 valence electrons. The first-order valence-electron chi connectivity index (χ1n) is 5.06. The Morgan fingerprint density at radius 3 is 2.61 bits per heavy atom. The summed E-state index contributed by atoms with van der Waals surface area (Å²) in [5.41, 5.74) is 6.85. The Morgan fingerprint density at radius 1 is 1.11 bits per heavy atom. The zero-order valence-corrected chi connectivity index (χ0v) is 9.29. The van der Waals surface area contributed by atoms with Crippen molar-refractivity contribution in [2.45, 2.75) is 0 Å². The van der Waals surface area contributed by atoms with Crippen LogP contribution in [0.25, 0.3) is 0 Å². The van der Waals surface area contributed by atoms with Crippen molar-refractivity contribution in [1.82, 2.24) is 4.98 Å². The van der Waals surface area contributed by atoms with Gasteiger partial charge in [0.05, 0.1) is 17.3 Å². The molecule has 0 aliphatic carbocycles. The average molecular weight is 236 g/mol. The third kappa shape index (κ3) is 2.37. The van der Waals surface area contributed by atoms with Gasteiger partial charge in [0, 0.05) is 12.3 Å². The standard InChI is InChI=1S/C13H8N4O/c14-7-9-1-2-13(12(16)5-9)18-11-3-4-17-10(6-11)8-15/h1-6H,16H2. The molecule has 0 saturated carbocycles. The number of anilines is 1. The van der Waals surface area contributed by atoms with Crippen LogP contribution in [-0.4, -0.2) is 4.98 Å². The first-order valence-corrected chi connectivity index (χ1v) is 5.06. The van der Waals surface area contributed by atoms with Gasteiger partial charge in [0.25, 0.3) is 0 Å². The molecule has 0 aliphatic heterocycles. The van der Waals surface area contributed by atoms with Crippen molar-refractivity contribution in [3.63, 3.8) is 0 Å². The highest BCUT2D eigenvalue weighted by atomic mass is 16.5. The SMILES string of the molecule is N#Cc1ccc(Oc2ccnc(C#N)c2)c(N)c1. The number of nitrogens with zero attached hydrogens (tertiary/aromatic N) is 3. The number of hydrogen-bond acceptors (Lipinski definition) is 5. The van der Waals surface area contributed by atoms with E-state index in [1.54, 1.807) is 18.2 Å². The van der Waals surface area contributed by atoms with Crippen LogP contribution in [0.1, 0.15) is 11.3 Å². The summed E-state index contributed by atoms with van der Waals surface area (Å²) in [6.45, 7) is 0. The molecular formula is C13H8N4O. The summed E-state index contributed by atoms with van der Waals surface area (Å²) in [4.78, 5) is 3.83. The molecule has 1 aromatic carbocycles. The molecule has 0 radical (unpaired) electrons. The van der Waals surface area contributed by atoms with Gasteiger partial charge in [-0.1, -0.05) is 0 Å². The van der Waals surface area contributed by atoms with Crippen molar-refractivity contribution in [2.24, 2.45) is 0 Å². The normalized spacial score (nSPS) is 9.22. The topological polar surface area (TPSA) is 95.7 Å². The number of hydrogen-bond donors (Lipinski definition) is 1. The number of nitriles is 2. The summed E-state index contributed by atoms with van der Waals surface area (Å²) in [5, 5.41) is 17.4. The van der Waals surface area contributed by atoms with Crippen molar-refractivity contribution in [3.05, 3.63) is 47.8 Å². The smallest absolute Gasteiger partial charge is 0.150 e. The lowest BCUT2D eigenvalue weighted by atomic mass is 10.2. The molecule has 18 heavy (non-hydrogen) atoms. The fourth-order valence-corrected chi connectivity index (χ4v) is 1.37. The van der Waals surface area contributed by atoms with Gasteiger partial charge in [0.2, 0.25) is 0 Å². The lowest BCUT2D eigenvalue weighted by molar-refractivity contribution is 0.484.